The van der Waals surface area contributed by atoms with Gasteiger partial charge in [-0.2, -0.15) is 5.10 Å². The third kappa shape index (κ3) is 3.62. The topological polar surface area (TPSA) is 43.8 Å². The Balaban J connectivity index is 2.06. The molecule has 0 aliphatic heterocycles. The number of aryl methyl sites for hydroxylation is 2. The Hall–Kier alpha value is -0.840. The Morgan fingerprint density at radius 3 is 2.50 bits per heavy atom. The van der Waals surface area contributed by atoms with Crippen LogP contribution in [0.5, 0.6) is 0 Å². The minimum absolute atomic E-state index is 0.0626. The zero-order chi connectivity index (χ0) is 14.7. The van der Waals surface area contributed by atoms with Gasteiger partial charge in [0.2, 0.25) is 0 Å². The number of nitrogens with zero attached hydrogens (tertiary/aromatic N) is 2. The predicted octanol–water partition coefficient (Wildman–Crippen LogP) is 3.51. The highest BCUT2D eigenvalue weighted by atomic mass is 79.9. The monoisotopic (exact) mass is 355 g/mol. The summed E-state index contributed by atoms with van der Waals surface area (Å²) in [6.07, 6.45) is 2.55. The lowest BCUT2D eigenvalue weighted by Gasteiger charge is -2.12. The highest BCUT2D eigenvalue weighted by Gasteiger charge is 2.15. The molecule has 1 atom stereocenters. The molecule has 0 amide bonds. The van der Waals surface area contributed by atoms with Crippen molar-refractivity contribution in [2.45, 2.75) is 32.2 Å². The molecule has 0 radical (unpaired) electrons. The van der Waals surface area contributed by atoms with Crippen LogP contribution >= 0.6 is 27.5 Å². The van der Waals surface area contributed by atoms with Crippen molar-refractivity contribution in [1.82, 2.24) is 9.78 Å². The first kappa shape index (κ1) is 15.5. The van der Waals surface area contributed by atoms with E-state index in [1.54, 1.807) is 0 Å². The molecule has 1 unspecified atom stereocenters. The van der Waals surface area contributed by atoms with E-state index in [1.165, 1.54) is 5.56 Å². The van der Waals surface area contributed by atoms with Crippen LogP contribution in [-0.4, -0.2) is 15.8 Å². The van der Waals surface area contributed by atoms with Gasteiger partial charge in [-0.15, -0.1) is 0 Å². The molecular formula is C15H19BrClN3. The van der Waals surface area contributed by atoms with Crippen LogP contribution in [0, 0.1) is 0 Å². The van der Waals surface area contributed by atoms with Crippen LogP contribution in [0.15, 0.2) is 28.7 Å². The molecule has 1 heterocycles. The number of hydrogen-bond donors (Lipinski definition) is 1. The molecule has 0 bridgehead atoms. The fourth-order valence-electron chi connectivity index (χ4n) is 2.29. The summed E-state index contributed by atoms with van der Waals surface area (Å²) in [4.78, 5) is 0. The number of nitrogens with two attached hydrogens (primary N) is 1. The van der Waals surface area contributed by atoms with Crippen LogP contribution in [0.4, 0.5) is 0 Å². The van der Waals surface area contributed by atoms with E-state index in [9.17, 15) is 0 Å². The van der Waals surface area contributed by atoms with E-state index in [0.717, 1.165) is 40.1 Å². The molecule has 2 N–H and O–H groups in total. The number of hydrogen-bond acceptors (Lipinski definition) is 2. The zero-order valence-corrected chi connectivity index (χ0v) is 14.1. The van der Waals surface area contributed by atoms with Crippen molar-refractivity contribution < 1.29 is 0 Å². The standard InChI is InChI=1S/C15H19BrClN3/c1-3-13-15(16)14(20(2)19-13)9-12(18)8-10-4-6-11(17)7-5-10/h4-7,12H,3,8-9,18H2,1-2H3. The first-order valence-corrected chi connectivity index (χ1v) is 7.88. The van der Waals surface area contributed by atoms with E-state index >= 15 is 0 Å². The second kappa shape index (κ2) is 6.74. The summed E-state index contributed by atoms with van der Waals surface area (Å²) < 4.78 is 3.01. The van der Waals surface area contributed by atoms with Gasteiger partial charge in [0.1, 0.15) is 0 Å². The first-order valence-electron chi connectivity index (χ1n) is 6.71. The summed E-state index contributed by atoms with van der Waals surface area (Å²) >= 11 is 9.52. The highest BCUT2D eigenvalue weighted by molar-refractivity contribution is 9.10. The van der Waals surface area contributed by atoms with Crippen LogP contribution in [0.25, 0.3) is 0 Å². The van der Waals surface area contributed by atoms with E-state index in [0.29, 0.717) is 0 Å². The smallest absolute Gasteiger partial charge is 0.0766 e. The lowest BCUT2D eigenvalue weighted by Crippen LogP contribution is -2.26. The van der Waals surface area contributed by atoms with Crippen molar-refractivity contribution in [2.75, 3.05) is 0 Å². The Bertz CT molecular complexity index is 578. The van der Waals surface area contributed by atoms with E-state index in [1.807, 2.05) is 36.0 Å². The molecule has 2 rings (SSSR count). The van der Waals surface area contributed by atoms with Gasteiger partial charge in [-0.25, -0.2) is 0 Å². The minimum atomic E-state index is 0.0626. The van der Waals surface area contributed by atoms with Gasteiger partial charge in [-0.05, 0) is 46.5 Å². The summed E-state index contributed by atoms with van der Waals surface area (Å²) in [5.74, 6) is 0. The van der Waals surface area contributed by atoms with Crippen molar-refractivity contribution >= 4 is 27.5 Å². The van der Waals surface area contributed by atoms with Crippen LogP contribution in [-0.2, 0) is 26.3 Å². The predicted molar refractivity (Wildman–Crippen MR) is 87.1 cm³/mol. The Morgan fingerprint density at radius 2 is 1.95 bits per heavy atom. The maximum Gasteiger partial charge on any atom is 0.0766 e. The minimum Gasteiger partial charge on any atom is -0.327 e. The lowest BCUT2D eigenvalue weighted by atomic mass is 10.0. The Morgan fingerprint density at radius 1 is 1.30 bits per heavy atom. The number of halogens is 2. The van der Waals surface area contributed by atoms with Crippen molar-refractivity contribution in [3.05, 3.63) is 50.7 Å². The fraction of sp³-hybridized carbons (Fsp3) is 0.400. The quantitative estimate of drug-likeness (QED) is 0.891. The number of rotatable bonds is 5. The molecule has 0 aliphatic carbocycles. The Labute approximate surface area is 133 Å². The summed E-state index contributed by atoms with van der Waals surface area (Å²) in [7, 11) is 1.97. The Kier molecular flexibility index (Phi) is 5.24. The maximum absolute atomic E-state index is 6.27. The molecule has 1 aromatic heterocycles. The maximum atomic E-state index is 6.27. The van der Waals surface area contributed by atoms with Crippen molar-refractivity contribution in [2.24, 2.45) is 12.8 Å². The van der Waals surface area contributed by atoms with Gasteiger partial charge in [0, 0.05) is 24.5 Å². The molecule has 0 saturated carbocycles. The number of aromatic nitrogens is 2. The highest BCUT2D eigenvalue weighted by Crippen LogP contribution is 2.23. The second-order valence-electron chi connectivity index (χ2n) is 4.98. The van der Waals surface area contributed by atoms with Crippen molar-refractivity contribution in [1.29, 1.82) is 0 Å². The average Bonchev–Trinajstić information content (AvgIpc) is 2.69. The molecule has 0 aliphatic rings. The van der Waals surface area contributed by atoms with Crippen molar-refractivity contribution in [3.8, 4) is 0 Å². The van der Waals surface area contributed by atoms with Gasteiger partial charge in [-0.1, -0.05) is 30.7 Å². The van der Waals surface area contributed by atoms with Gasteiger partial charge in [-0.3, -0.25) is 4.68 Å². The molecule has 5 heteroatoms. The third-order valence-electron chi connectivity index (χ3n) is 3.37. The molecule has 3 nitrogen and oxygen atoms in total. The van der Waals surface area contributed by atoms with Crippen molar-refractivity contribution in [3.63, 3.8) is 0 Å². The second-order valence-corrected chi connectivity index (χ2v) is 6.21. The van der Waals surface area contributed by atoms with E-state index in [-0.39, 0.29) is 6.04 Å². The average molecular weight is 357 g/mol. The molecule has 0 saturated heterocycles. The summed E-state index contributed by atoms with van der Waals surface area (Å²) in [6.45, 7) is 2.10. The lowest BCUT2D eigenvalue weighted by molar-refractivity contribution is 0.610. The summed E-state index contributed by atoms with van der Waals surface area (Å²) in [6, 6.07) is 7.92. The molecule has 2 aromatic rings. The van der Waals surface area contributed by atoms with Crippen LogP contribution in [0.1, 0.15) is 23.9 Å². The molecule has 0 fully saturated rings. The molecular weight excluding hydrogens is 338 g/mol. The largest absolute Gasteiger partial charge is 0.327 e. The van der Waals surface area contributed by atoms with Gasteiger partial charge in [0.15, 0.2) is 0 Å². The van der Waals surface area contributed by atoms with E-state index < -0.39 is 0 Å². The molecule has 0 spiro atoms. The molecule has 108 valence electrons. The van der Waals surface area contributed by atoms with E-state index in [2.05, 4.69) is 28.0 Å². The number of benzene rings is 1. The molecule has 1 aromatic carbocycles. The van der Waals surface area contributed by atoms with Crippen LogP contribution in [0.3, 0.4) is 0 Å². The fourth-order valence-corrected chi connectivity index (χ4v) is 3.19. The summed E-state index contributed by atoms with van der Waals surface area (Å²) in [5, 5.41) is 5.25. The SMILES string of the molecule is CCc1nn(C)c(CC(N)Cc2ccc(Cl)cc2)c1Br. The van der Waals surface area contributed by atoms with E-state index in [4.69, 9.17) is 17.3 Å². The zero-order valence-electron chi connectivity index (χ0n) is 11.7. The third-order valence-corrected chi connectivity index (χ3v) is 4.54. The molecule has 20 heavy (non-hydrogen) atoms. The van der Waals surface area contributed by atoms with Gasteiger partial charge in [0.05, 0.1) is 15.9 Å². The van der Waals surface area contributed by atoms with Gasteiger partial charge >= 0.3 is 0 Å². The summed E-state index contributed by atoms with van der Waals surface area (Å²) in [5.41, 5.74) is 9.71. The normalized spacial score (nSPS) is 12.7. The van der Waals surface area contributed by atoms with Crippen LogP contribution in [0.2, 0.25) is 5.02 Å². The van der Waals surface area contributed by atoms with Crippen LogP contribution < -0.4 is 5.73 Å². The van der Waals surface area contributed by atoms with Gasteiger partial charge in [0.25, 0.3) is 0 Å². The first-order chi connectivity index (χ1) is 9.51. The van der Waals surface area contributed by atoms with Gasteiger partial charge < -0.3 is 5.73 Å².